The molecule has 0 amide bonds. The van der Waals surface area contributed by atoms with E-state index in [0.29, 0.717) is 33.7 Å². The molecule has 0 saturated carbocycles. The molecule has 2 aromatic carbocycles. The molecular weight excluding hydrogens is 388 g/mol. The van der Waals surface area contributed by atoms with Gasteiger partial charge in [-0.25, -0.2) is 33.7 Å². The second-order valence-electron chi connectivity index (χ2n) is 6.73. The van der Waals surface area contributed by atoms with E-state index in [1.165, 1.54) is 30.9 Å². The standard InChI is InChI=1S/C21H15F2N7/c1-11(28-21-19-20(25-9-24-19)26-10-27-21)17-18(16-12(22)5-4-6-13(16)23)30-15-8-3-2-7-14(15)29-17/h2-11H,1H3,(H2,24,25,26,27,28). The van der Waals surface area contributed by atoms with Crippen LogP contribution in [0, 0.1) is 11.6 Å². The van der Waals surface area contributed by atoms with E-state index >= 15 is 0 Å². The minimum Gasteiger partial charge on any atom is -0.360 e. The molecule has 30 heavy (non-hydrogen) atoms. The first-order valence-corrected chi connectivity index (χ1v) is 9.23. The van der Waals surface area contributed by atoms with Crippen LogP contribution in [0.1, 0.15) is 18.7 Å². The van der Waals surface area contributed by atoms with Crippen molar-refractivity contribution in [1.29, 1.82) is 0 Å². The summed E-state index contributed by atoms with van der Waals surface area (Å²) in [7, 11) is 0. The van der Waals surface area contributed by atoms with Gasteiger partial charge in [-0.15, -0.1) is 0 Å². The second kappa shape index (κ2) is 7.11. The highest BCUT2D eigenvalue weighted by molar-refractivity contribution is 5.83. The third kappa shape index (κ3) is 3.00. The van der Waals surface area contributed by atoms with Crippen LogP contribution in [0.4, 0.5) is 14.6 Å². The SMILES string of the molecule is CC(Nc1ncnc2[nH]cnc12)c1nc2ccccc2nc1-c1c(F)cccc1F. The summed E-state index contributed by atoms with van der Waals surface area (Å²) in [5.41, 5.74) is 2.60. The first kappa shape index (κ1) is 18.0. The number of rotatable bonds is 4. The average Bonchev–Trinajstić information content (AvgIpc) is 3.23. The fraction of sp³-hybridized carbons (Fsp3) is 0.0952. The average molecular weight is 403 g/mol. The van der Waals surface area contributed by atoms with Crippen LogP contribution in [0.5, 0.6) is 0 Å². The summed E-state index contributed by atoms with van der Waals surface area (Å²) < 4.78 is 29.2. The molecule has 7 nitrogen and oxygen atoms in total. The van der Waals surface area contributed by atoms with E-state index in [-0.39, 0.29) is 11.3 Å². The summed E-state index contributed by atoms with van der Waals surface area (Å²) in [6.45, 7) is 1.82. The number of hydrogen-bond acceptors (Lipinski definition) is 6. The third-order valence-corrected chi connectivity index (χ3v) is 4.78. The largest absolute Gasteiger partial charge is 0.360 e. The van der Waals surface area contributed by atoms with Gasteiger partial charge in [-0.05, 0) is 31.2 Å². The molecule has 0 aliphatic carbocycles. The molecule has 3 aromatic heterocycles. The van der Waals surface area contributed by atoms with E-state index in [0.717, 1.165) is 0 Å². The third-order valence-electron chi connectivity index (χ3n) is 4.78. The molecule has 148 valence electrons. The van der Waals surface area contributed by atoms with Crippen molar-refractivity contribution in [1.82, 2.24) is 29.9 Å². The van der Waals surface area contributed by atoms with Crippen molar-refractivity contribution in [2.24, 2.45) is 0 Å². The Morgan fingerprint density at radius 2 is 1.63 bits per heavy atom. The number of imidazole rings is 1. The zero-order valence-corrected chi connectivity index (χ0v) is 15.8. The van der Waals surface area contributed by atoms with Crippen LogP contribution in [-0.2, 0) is 0 Å². The molecule has 3 heterocycles. The lowest BCUT2D eigenvalue weighted by molar-refractivity contribution is 0.588. The fourth-order valence-electron chi connectivity index (χ4n) is 3.37. The smallest absolute Gasteiger partial charge is 0.162 e. The maximum absolute atomic E-state index is 14.6. The molecule has 0 aliphatic rings. The first-order valence-electron chi connectivity index (χ1n) is 9.23. The normalized spacial score (nSPS) is 12.4. The molecule has 1 atom stereocenters. The quantitative estimate of drug-likeness (QED) is 0.462. The van der Waals surface area contributed by atoms with E-state index in [1.807, 2.05) is 13.0 Å². The number of anilines is 1. The molecule has 0 bridgehead atoms. The van der Waals surface area contributed by atoms with E-state index in [9.17, 15) is 8.78 Å². The van der Waals surface area contributed by atoms with Crippen molar-refractivity contribution in [2.45, 2.75) is 13.0 Å². The van der Waals surface area contributed by atoms with Gasteiger partial charge in [0.25, 0.3) is 0 Å². The van der Waals surface area contributed by atoms with Gasteiger partial charge in [0, 0.05) is 0 Å². The van der Waals surface area contributed by atoms with Gasteiger partial charge in [-0.3, -0.25) is 0 Å². The highest BCUT2D eigenvalue weighted by Gasteiger charge is 2.23. The van der Waals surface area contributed by atoms with Crippen LogP contribution >= 0.6 is 0 Å². The van der Waals surface area contributed by atoms with Gasteiger partial charge in [-0.1, -0.05) is 18.2 Å². The Bertz CT molecular complexity index is 1360. The van der Waals surface area contributed by atoms with Crippen molar-refractivity contribution >= 4 is 28.0 Å². The predicted octanol–water partition coefficient (Wildman–Crippen LogP) is 4.41. The topological polar surface area (TPSA) is 92.3 Å². The van der Waals surface area contributed by atoms with Crippen LogP contribution in [0.25, 0.3) is 33.5 Å². The Morgan fingerprint density at radius 1 is 0.900 bits per heavy atom. The van der Waals surface area contributed by atoms with Gasteiger partial charge in [-0.2, -0.15) is 0 Å². The van der Waals surface area contributed by atoms with Crippen LogP contribution in [-0.4, -0.2) is 29.9 Å². The number of H-pyrrole nitrogens is 1. The van der Waals surface area contributed by atoms with Crippen molar-refractivity contribution < 1.29 is 8.78 Å². The Hall–Kier alpha value is -4.01. The summed E-state index contributed by atoms with van der Waals surface area (Å²) in [6.07, 6.45) is 2.92. The predicted molar refractivity (Wildman–Crippen MR) is 109 cm³/mol. The molecule has 5 rings (SSSR count). The van der Waals surface area contributed by atoms with E-state index in [4.69, 9.17) is 0 Å². The van der Waals surface area contributed by atoms with Crippen LogP contribution in [0.2, 0.25) is 0 Å². The number of benzene rings is 2. The summed E-state index contributed by atoms with van der Waals surface area (Å²) in [6, 6.07) is 10.4. The summed E-state index contributed by atoms with van der Waals surface area (Å²) in [5.74, 6) is -0.932. The van der Waals surface area contributed by atoms with Crippen LogP contribution < -0.4 is 5.32 Å². The fourth-order valence-corrected chi connectivity index (χ4v) is 3.37. The van der Waals surface area contributed by atoms with Gasteiger partial charge in [0.1, 0.15) is 29.2 Å². The van der Waals surface area contributed by atoms with Gasteiger partial charge in [0.15, 0.2) is 11.5 Å². The van der Waals surface area contributed by atoms with E-state index < -0.39 is 17.7 Å². The Balaban J connectivity index is 1.68. The number of nitrogens with one attached hydrogen (secondary N) is 2. The van der Waals surface area contributed by atoms with Crippen molar-refractivity contribution in [3.8, 4) is 11.3 Å². The number of aromatic amines is 1. The summed E-state index contributed by atoms with van der Waals surface area (Å²) >= 11 is 0. The lowest BCUT2D eigenvalue weighted by Crippen LogP contribution is -2.13. The van der Waals surface area contributed by atoms with E-state index in [1.54, 1.807) is 18.2 Å². The zero-order valence-electron chi connectivity index (χ0n) is 15.8. The highest BCUT2D eigenvalue weighted by Crippen LogP contribution is 2.33. The van der Waals surface area contributed by atoms with Gasteiger partial charge in [0.05, 0.1) is 34.7 Å². The molecule has 2 N–H and O–H groups in total. The maximum Gasteiger partial charge on any atom is 0.162 e. The molecular formula is C21H15F2N7. The summed E-state index contributed by atoms with van der Waals surface area (Å²) in [5, 5.41) is 3.22. The Labute approximate surface area is 169 Å². The lowest BCUT2D eigenvalue weighted by atomic mass is 10.0. The maximum atomic E-state index is 14.6. The lowest BCUT2D eigenvalue weighted by Gasteiger charge is -2.18. The Kier molecular flexibility index (Phi) is 4.27. The minimum absolute atomic E-state index is 0.136. The number of halogens is 2. The number of nitrogens with zero attached hydrogens (tertiary/aromatic N) is 5. The van der Waals surface area contributed by atoms with Gasteiger partial charge < -0.3 is 10.3 Å². The molecule has 0 saturated heterocycles. The number of hydrogen-bond donors (Lipinski definition) is 2. The zero-order chi connectivity index (χ0) is 20.7. The number of para-hydroxylation sites is 2. The molecule has 0 spiro atoms. The van der Waals surface area contributed by atoms with Gasteiger partial charge >= 0.3 is 0 Å². The molecule has 9 heteroatoms. The second-order valence-corrected chi connectivity index (χ2v) is 6.73. The van der Waals surface area contributed by atoms with Crippen molar-refractivity contribution in [2.75, 3.05) is 5.32 Å². The first-order chi connectivity index (χ1) is 14.6. The van der Waals surface area contributed by atoms with E-state index in [2.05, 4.69) is 35.2 Å². The number of fused-ring (bicyclic) bond motifs is 2. The minimum atomic E-state index is -0.704. The van der Waals surface area contributed by atoms with Gasteiger partial charge in [0.2, 0.25) is 0 Å². The molecule has 1 unspecified atom stereocenters. The highest BCUT2D eigenvalue weighted by atomic mass is 19.1. The van der Waals surface area contributed by atoms with Crippen LogP contribution in [0.3, 0.4) is 0 Å². The number of aromatic nitrogens is 6. The molecule has 0 fully saturated rings. The monoisotopic (exact) mass is 403 g/mol. The molecule has 0 radical (unpaired) electrons. The summed E-state index contributed by atoms with van der Waals surface area (Å²) in [4.78, 5) is 24.7. The van der Waals surface area contributed by atoms with Crippen molar-refractivity contribution in [3.63, 3.8) is 0 Å². The van der Waals surface area contributed by atoms with Crippen molar-refractivity contribution in [3.05, 3.63) is 72.4 Å². The molecule has 5 aromatic rings. The molecule has 0 aliphatic heterocycles. The van der Waals surface area contributed by atoms with Crippen LogP contribution in [0.15, 0.2) is 55.1 Å². The Morgan fingerprint density at radius 3 is 2.40 bits per heavy atom.